The van der Waals surface area contributed by atoms with E-state index in [4.69, 9.17) is 4.98 Å². The second-order valence-electron chi connectivity index (χ2n) is 6.03. The first-order valence-corrected chi connectivity index (χ1v) is 7.93. The number of phenolic OH excluding ortho intramolecular Hbond substituents is 1. The van der Waals surface area contributed by atoms with Gasteiger partial charge in [0.25, 0.3) is 0 Å². The van der Waals surface area contributed by atoms with E-state index in [-0.39, 0.29) is 5.75 Å². The molecule has 1 aromatic carbocycles. The highest BCUT2D eigenvalue weighted by atomic mass is 16.3. The number of aromatic nitrogens is 2. The molecule has 1 aliphatic carbocycles. The van der Waals surface area contributed by atoms with Crippen LogP contribution in [0.4, 0.5) is 5.69 Å². The molecule has 0 bridgehead atoms. The van der Waals surface area contributed by atoms with Crippen LogP contribution in [0.1, 0.15) is 24.5 Å². The van der Waals surface area contributed by atoms with E-state index in [2.05, 4.69) is 15.2 Å². The number of aromatic hydroxyl groups is 1. The van der Waals surface area contributed by atoms with Gasteiger partial charge in [-0.05, 0) is 25.0 Å². The van der Waals surface area contributed by atoms with Crippen LogP contribution in [0, 0.1) is 0 Å². The fraction of sp³-hybridized carbons (Fsp3) is 0.412. The molecule has 1 aliphatic heterocycles. The number of anilines is 1. The Balaban J connectivity index is 1.72. The molecule has 5 heteroatoms. The largest absolute Gasteiger partial charge is 0.508 e. The van der Waals surface area contributed by atoms with Crippen molar-refractivity contribution in [3.8, 4) is 17.1 Å². The monoisotopic (exact) mass is 296 g/mol. The third-order valence-corrected chi connectivity index (χ3v) is 4.32. The fourth-order valence-corrected chi connectivity index (χ4v) is 2.98. The van der Waals surface area contributed by atoms with Crippen molar-refractivity contribution < 1.29 is 5.11 Å². The van der Waals surface area contributed by atoms with Crippen molar-refractivity contribution >= 4 is 5.69 Å². The van der Waals surface area contributed by atoms with E-state index < -0.39 is 0 Å². The first kappa shape index (κ1) is 13.5. The third-order valence-electron chi connectivity index (χ3n) is 4.32. The van der Waals surface area contributed by atoms with Crippen LogP contribution < -0.4 is 10.2 Å². The standard InChI is InChI=1S/C17H20N4O/c22-14-3-1-2-13(10-14)17-19-11-15(16(20-17)12-4-5-12)21-8-6-18-7-9-21/h1-3,10-12,18,22H,4-9H2. The van der Waals surface area contributed by atoms with Crippen LogP contribution in [-0.4, -0.2) is 41.3 Å². The number of hydrogen-bond donors (Lipinski definition) is 2. The summed E-state index contributed by atoms with van der Waals surface area (Å²) in [5.41, 5.74) is 3.23. The average Bonchev–Trinajstić information content (AvgIpc) is 3.40. The minimum atomic E-state index is 0.250. The molecular weight excluding hydrogens is 276 g/mol. The van der Waals surface area contributed by atoms with Crippen molar-refractivity contribution in [3.63, 3.8) is 0 Å². The molecule has 2 aliphatic rings. The van der Waals surface area contributed by atoms with Gasteiger partial charge in [-0.25, -0.2) is 9.97 Å². The van der Waals surface area contributed by atoms with Crippen molar-refractivity contribution in [2.45, 2.75) is 18.8 Å². The second kappa shape index (κ2) is 5.57. The highest BCUT2D eigenvalue weighted by Crippen LogP contribution is 2.43. The normalized spacial score (nSPS) is 18.5. The van der Waals surface area contributed by atoms with Crippen LogP contribution in [-0.2, 0) is 0 Å². The molecule has 5 nitrogen and oxygen atoms in total. The Morgan fingerprint density at radius 1 is 1.18 bits per heavy atom. The Bertz CT molecular complexity index is 678. The summed E-state index contributed by atoms with van der Waals surface area (Å²) in [7, 11) is 0. The predicted octanol–water partition coefficient (Wildman–Crippen LogP) is 2.14. The van der Waals surface area contributed by atoms with Gasteiger partial charge in [-0.15, -0.1) is 0 Å². The Hall–Kier alpha value is -2.14. The molecule has 2 fully saturated rings. The zero-order valence-electron chi connectivity index (χ0n) is 12.5. The fourth-order valence-electron chi connectivity index (χ4n) is 2.98. The first-order chi connectivity index (χ1) is 10.8. The summed E-state index contributed by atoms with van der Waals surface area (Å²) in [5.74, 6) is 1.53. The van der Waals surface area contributed by atoms with Gasteiger partial charge in [-0.3, -0.25) is 0 Å². The summed E-state index contributed by atoms with van der Waals surface area (Å²) in [6, 6.07) is 7.15. The molecule has 2 aromatic rings. The molecule has 0 amide bonds. The van der Waals surface area contributed by atoms with Gasteiger partial charge in [-0.1, -0.05) is 12.1 Å². The van der Waals surface area contributed by atoms with E-state index >= 15 is 0 Å². The molecule has 0 radical (unpaired) electrons. The van der Waals surface area contributed by atoms with Gasteiger partial charge in [0.05, 0.1) is 17.6 Å². The second-order valence-corrected chi connectivity index (χ2v) is 6.03. The number of nitrogens with zero attached hydrogens (tertiary/aromatic N) is 3. The van der Waals surface area contributed by atoms with Crippen LogP contribution in [0.25, 0.3) is 11.4 Å². The smallest absolute Gasteiger partial charge is 0.159 e. The summed E-state index contributed by atoms with van der Waals surface area (Å²) in [5, 5.41) is 13.0. The molecule has 0 unspecified atom stereocenters. The highest BCUT2D eigenvalue weighted by Gasteiger charge is 2.30. The van der Waals surface area contributed by atoms with Crippen molar-refractivity contribution in [2.24, 2.45) is 0 Å². The lowest BCUT2D eigenvalue weighted by Gasteiger charge is -2.30. The number of nitrogens with one attached hydrogen (secondary N) is 1. The van der Waals surface area contributed by atoms with E-state index in [1.807, 2.05) is 18.3 Å². The Kier molecular flexibility index (Phi) is 3.42. The molecule has 0 spiro atoms. The lowest BCUT2D eigenvalue weighted by molar-refractivity contribution is 0.475. The quantitative estimate of drug-likeness (QED) is 0.908. The van der Waals surface area contributed by atoms with Crippen molar-refractivity contribution in [1.82, 2.24) is 15.3 Å². The summed E-state index contributed by atoms with van der Waals surface area (Å²) >= 11 is 0. The molecule has 1 aromatic heterocycles. The SMILES string of the molecule is Oc1cccc(-c2ncc(N3CCNCC3)c(C3CC3)n2)c1. The van der Waals surface area contributed by atoms with Gasteiger partial charge in [-0.2, -0.15) is 0 Å². The van der Waals surface area contributed by atoms with Crippen LogP contribution >= 0.6 is 0 Å². The molecule has 1 saturated heterocycles. The van der Waals surface area contributed by atoms with Crippen LogP contribution in [0.3, 0.4) is 0 Å². The third kappa shape index (κ3) is 2.64. The maximum atomic E-state index is 9.65. The molecule has 2 heterocycles. The lowest BCUT2D eigenvalue weighted by Crippen LogP contribution is -2.44. The zero-order valence-corrected chi connectivity index (χ0v) is 12.5. The van der Waals surface area contributed by atoms with E-state index in [1.165, 1.54) is 24.2 Å². The van der Waals surface area contributed by atoms with Crippen LogP contribution in [0.15, 0.2) is 30.5 Å². The number of benzene rings is 1. The summed E-state index contributed by atoms with van der Waals surface area (Å²) in [4.78, 5) is 11.8. The lowest BCUT2D eigenvalue weighted by atomic mass is 10.1. The van der Waals surface area contributed by atoms with Gasteiger partial charge in [0.2, 0.25) is 0 Å². The van der Waals surface area contributed by atoms with Crippen molar-refractivity contribution in [2.75, 3.05) is 31.1 Å². The highest BCUT2D eigenvalue weighted by molar-refractivity contribution is 5.61. The summed E-state index contributed by atoms with van der Waals surface area (Å²) in [6.07, 6.45) is 4.40. The van der Waals surface area contributed by atoms with E-state index in [9.17, 15) is 5.11 Å². The number of piperazine rings is 1. The molecular formula is C17H20N4O. The van der Waals surface area contributed by atoms with Crippen LogP contribution in [0.5, 0.6) is 5.75 Å². The van der Waals surface area contributed by atoms with Crippen molar-refractivity contribution in [1.29, 1.82) is 0 Å². The molecule has 0 atom stereocenters. The van der Waals surface area contributed by atoms with E-state index in [0.717, 1.165) is 31.7 Å². The molecule has 4 rings (SSSR count). The first-order valence-electron chi connectivity index (χ1n) is 7.93. The van der Waals surface area contributed by atoms with Crippen molar-refractivity contribution in [3.05, 3.63) is 36.2 Å². The molecule has 22 heavy (non-hydrogen) atoms. The molecule has 2 N–H and O–H groups in total. The summed E-state index contributed by atoms with van der Waals surface area (Å²) < 4.78 is 0. The molecule has 1 saturated carbocycles. The zero-order chi connectivity index (χ0) is 14.9. The minimum Gasteiger partial charge on any atom is -0.508 e. The Labute approximate surface area is 130 Å². The van der Waals surface area contributed by atoms with Gasteiger partial charge >= 0.3 is 0 Å². The van der Waals surface area contributed by atoms with E-state index in [1.54, 1.807) is 12.1 Å². The van der Waals surface area contributed by atoms with Gasteiger partial charge in [0.1, 0.15) is 5.75 Å². The van der Waals surface area contributed by atoms with Crippen LogP contribution in [0.2, 0.25) is 0 Å². The maximum absolute atomic E-state index is 9.65. The number of phenols is 1. The van der Waals surface area contributed by atoms with E-state index in [0.29, 0.717) is 11.7 Å². The Morgan fingerprint density at radius 3 is 2.73 bits per heavy atom. The van der Waals surface area contributed by atoms with Gasteiger partial charge in [0.15, 0.2) is 5.82 Å². The average molecular weight is 296 g/mol. The number of hydrogen-bond acceptors (Lipinski definition) is 5. The topological polar surface area (TPSA) is 61.3 Å². The van der Waals surface area contributed by atoms with Gasteiger partial charge in [0, 0.05) is 37.7 Å². The minimum absolute atomic E-state index is 0.250. The maximum Gasteiger partial charge on any atom is 0.159 e. The van der Waals surface area contributed by atoms with Gasteiger partial charge < -0.3 is 15.3 Å². The Morgan fingerprint density at radius 2 is 2.00 bits per heavy atom. The summed E-state index contributed by atoms with van der Waals surface area (Å²) in [6.45, 7) is 4.04. The predicted molar refractivity (Wildman–Crippen MR) is 86.2 cm³/mol. The number of rotatable bonds is 3. The molecule has 114 valence electrons.